The molecule has 23 heavy (non-hydrogen) atoms. The topological polar surface area (TPSA) is 18.5 Å². The molecule has 0 aliphatic carbocycles. The van der Waals surface area contributed by atoms with Gasteiger partial charge in [0.25, 0.3) is 0 Å². The third-order valence-corrected chi connectivity index (χ3v) is 3.52. The molecule has 2 nitrogen and oxygen atoms in total. The zero-order chi connectivity index (χ0) is 17.4. The SMILES string of the molecule is CC/C=C/CCCCCCCC/C=C\CCCC.CCOOC. The van der Waals surface area contributed by atoms with Crippen LogP contribution >= 0.6 is 0 Å². The summed E-state index contributed by atoms with van der Waals surface area (Å²) in [5.41, 5.74) is 0. The molecule has 138 valence electrons. The van der Waals surface area contributed by atoms with Crippen LogP contribution in [0.1, 0.15) is 97.8 Å². The highest BCUT2D eigenvalue weighted by atomic mass is 17.2. The fourth-order valence-corrected chi connectivity index (χ4v) is 2.19. The molecule has 0 amide bonds. The molecule has 0 fully saturated rings. The monoisotopic (exact) mass is 326 g/mol. The average molecular weight is 327 g/mol. The fourth-order valence-electron chi connectivity index (χ4n) is 2.19. The van der Waals surface area contributed by atoms with Gasteiger partial charge in [-0.25, -0.2) is 9.78 Å². The highest BCUT2D eigenvalue weighted by Crippen LogP contribution is 2.09. The van der Waals surface area contributed by atoms with Gasteiger partial charge < -0.3 is 0 Å². The summed E-state index contributed by atoms with van der Waals surface area (Å²) in [6.45, 7) is 6.94. The van der Waals surface area contributed by atoms with E-state index in [1.807, 2.05) is 6.92 Å². The molecule has 0 spiro atoms. The molecule has 0 bridgehead atoms. The van der Waals surface area contributed by atoms with E-state index in [0.717, 1.165) is 0 Å². The van der Waals surface area contributed by atoms with Crippen molar-refractivity contribution >= 4 is 0 Å². The Morgan fingerprint density at radius 1 is 0.609 bits per heavy atom. The lowest BCUT2D eigenvalue weighted by Gasteiger charge is -1.99. The predicted octanol–water partition coefficient (Wildman–Crippen LogP) is 7.40. The number of hydrogen-bond donors (Lipinski definition) is 0. The lowest BCUT2D eigenvalue weighted by atomic mass is 10.1. The third kappa shape index (κ3) is 29.9. The zero-order valence-electron chi connectivity index (χ0n) is 16.3. The molecule has 0 aromatic carbocycles. The van der Waals surface area contributed by atoms with Gasteiger partial charge >= 0.3 is 0 Å². The summed E-state index contributed by atoms with van der Waals surface area (Å²) in [5.74, 6) is 0. The van der Waals surface area contributed by atoms with E-state index < -0.39 is 0 Å². The van der Waals surface area contributed by atoms with Crippen molar-refractivity contribution < 1.29 is 9.78 Å². The molecule has 2 heteroatoms. The van der Waals surface area contributed by atoms with Crippen molar-refractivity contribution in [2.45, 2.75) is 97.8 Å². The van der Waals surface area contributed by atoms with Gasteiger partial charge in [0.1, 0.15) is 0 Å². The van der Waals surface area contributed by atoms with Crippen LogP contribution in [0.4, 0.5) is 0 Å². The van der Waals surface area contributed by atoms with Gasteiger partial charge in [0.05, 0.1) is 13.7 Å². The van der Waals surface area contributed by atoms with Crippen molar-refractivity contribution in [2.24, 2.45) is 0 Å². The molecule has 0 aromatic rings. The smallest absolute Gasteiger partial charge is 0.0794 e. The second-order valence-corrected chi connectivity index (χ2v) is 5.77. The predicted molar refractivity (Wildman–Crippen MR) is 104 cm³/mol. The third-order valence-electron chi connectivity index (χ3n) is 3.52. The van der Waals surface area contributed by atoms with Crippen LogP contribution in [0.5, 0.6) is 0 Å². The Kier molecular flexibility index (Phi) is 28.2. The first-order chi connectivity index (χ1) is 11.3. The Hall–Kier alpha value is -0.600. The molecule has 0 aliphatic heterocycles. The molecule has 0 aromatic heterocycles. The van der Waals surface area contributed by atoms with Crippen molar-refractivity contribution in [3.63, 3.8) is 0 Å². The maximum atomic E-state index is 4.33. The molecule has 0 rings (SSSR count). The van der Waals surface area contributed by atoms with Gasteiger partial charge in [0, 0.05) is 0 Å². The summed E-state index contributed by atoms with van der Waals surface area (Å²) in [7, 11) is 1.49. The Balaban J connectivity index is 0. The fraction of sp³-hybridized carbons (Fsp3) is 0.810. The highest BCUT2D eigenvalue weighted by Gasteiger charge is 1.89. The maximum absolute atomic E-state index is 4.33. The standard InChI is InChI=1S/C18H34.C3H8O2/c1-3-5-7-9-11-13-15-17-18-16-14-12-10-8-6-4-2;1-3-5-4-2/h5,7,10,12H,3-4,6,8-9,11,13-18H2,1-2H3;3H2,1-2H3/b7-5+,12-10-;. The molecule has 0 aliphatic rings. The highest BCUT2D eigenvalue weighted by molar-refractivity contribution is 4.81. The lowest BCUT2D eigenvalue weighted by Crippen LogP contribution is -1.83. The average Bonchev–Trinajstić information content (AvgIpc) is 2.56. The van der Waals surface area contributed by atoms with E-state index in [9.17, 15) is 0 Å². The first-order valence-electron chi connectivity index (χ1n) is 9.78. The van der Waals surface area contributed by atoms with E-state index >= 15 is 0 Å². The summed E-state index contributed by atoms with van der Waals surface area (Å²) in [5, 5.41) is 0. The van der Waals surface area contributed by atoms with Crippen LogP contribution in [0.15, 0.2) is 24.3 Å². The summed E-state index contributed by atoms with van der Waals surface area (Å²) in [4.78, 5) is 8.52. The normalized spacial score (nSPS) is 11.1. The Morgan fingerprint density at radius 2 is 1.09 bits per heavy atom. The summed E-state index contributed by atoms with van der Waals surface area (Å²) >= 11 is 0. The van der Waals surface area contributed by atoms with Crippen LogP contribution in [0.3, 0.4) is 0 Å². The van der Waals surface area contributed by atoms with Gasteiger partial charge in [-0.2, -0.15) is 0 Å². The number of unbranched alkanes of at least 4 members (excludes halogenated alkanes) is 9. The van der Waals surface area contributed by atoms with Gasteiger partial charge in [0.2, 0.25) is 0 Å². The first-order valence-corrected chi connectivity index (χ1v) is 9.78. The Morgan fingerprint density at radius 3 is 1.48 bits per heavy atom. The van der Waals surface area contributed by atoms with Crippen molar-refractivity contribution in [2.75, 3.05) is 13.7 Å². The maximum Gasteiger partial charge on any atom is 0.0794 e. The molecular formula is C21H42O2. The van der Waals surface area contributed by atoms with E-state index in [4.69, 9.17) is 0 Å². The van der Waals surface area contributed by atoms with Crippen LogP contribution in [-0.2, 0) is 9.78 Å². The molecule has 0 saturated carbocycles. The van der Waals surface area contributed by atoms with Gasteiger partial charge in [-0.15, -0.1) is 0 Å². The lowest BCUT2D eigenvalue weighted by molar-refractivity contribution is -0.268. The Bertz CT molecular complexity index is 232. The molecule has 0 radical (unpaired) electrons. The van der Waals surface area contributed by atoms with Crippen molar-refractivity contribution in [3.05, 3.63) is 24.3 Å². The molecule has 0 heterocycles. The van der Waals surface area contributed by atoms with Gasteiger partial charge in [-0.3, -0.25) is 0 Å². The van der Waals surface area contributed by atoms with E-state index in [-0.39, 0.29) is 0 Å². The second kappa shape index (κ2) is 26.3. The van der Waals surface area contributed by atoms with E-state index in [2.05, 4.69) is 47.9 Å². The molecule has 0 N–H and O–H groups in total. The quantitative estimate of drug-likeness (QED) is 0.135. The van der Waals surface area contributed by atoms with Crippen molar-refractivity contribution in [3.8, 4) is 0 Å². The summed E-state index contributed by atoms with van der Waals surface area (Å²) < 4.78 is 0. The number of allylic oxidation sites excluding steroid dienone is 4. The van der Waals surface area contributed by atoms with Crippen LogP contribution in [-0.4, -0.2) is 13.7 Å². The Labute approximate surface area is 146 Å². The largest absolute Gasteiger partial charge is 0.240 e. The van der Waals surface area contributed by atoms with E-state index in [1.54, 1.807) is 0 Å². The van der Waals surface area contributed by atoms with Crippen molar-refractivity contribution in [1.29, 1.82) is 0 Å². The molecule has 0 atom stereocenters. The molecular weight excluding hydrogens is 284 g/mol. The zero-order valence-corrected chi connectivity index (χ0v) is 16.3. The van der Waals surface area contributed by atoms with Crippen molar-refractivity contribution in [1.82, 2.24) is 0 Å². The molecule has 0 unspecified atom stereocenters. The van der Waals surface area contributed by atoms with Crippen LogP contribution in [0.25, 0.3) is 0 Å². The minimum Gasteiger partial charge on any atom is -0.240 e. The minimum atomic E-state index is 0.622. The van der Waals surface area contributed by atoms with Gasteiger partial charge in [-0.1, -0.05) is 76.7 Å². The molecule has 0 saturated heterocycles. The first kappa shape index (κ1) is 24.6. The van der Waals surface area contributed by atoms with Crippen LogP contribution in [0, 0.1) is 0 Å². The van der Waals surface area contributed by atoms with E-state index in [0.29, 0.717) is 6.61 Å². The number of hydrogen-bond acceptors (Lipinski definition) is 2. The van der Waals surface area contributed by atoms with E-state index in [1.165, 1.54) is 84.2 Å². The van der Waals surface area contributed by atoms with Gasteiger partial charge in [-0.05, 0) is 45.4 Å². The number of rotatable bonds is 15. The summed E-state index contributed by atoms with van der Waals surface area (Å²) in [6.07, 6.45) is 25.5. The summed E-state index contributed by atoms with van der Waals surface area (Å²) in [6, 6.07) is 0. The minimum absolute atomic E-state index is 0.622. The van der Waals surface area contributed by atoms with Gasteiger partial charge in [0.15, 0.2) is 0 Å². The van der Waals surface area contributed by atoms with Crippen LogP contribution in [0.2, 0.25) is 0 Å². The van der Waals surface area contributed by atoms with Crippen LogP contribution < -0.4 is 0 Å². The second-order valence-electron chi connectivity index (χ2n) is 5.77.